The number of hydrogen-bond donors (Lipinski definition) is 2. The summed E-state index contributed by atoms with van der Waals surface area (Å²) in [5, 5.41) is 3.00. The van der Waals surface area contributed by atoms with Crippen molar-refractivity contribution >= 4 is 5.91 Å². The van der Waals surface area contributed by atoms with Crippen LogP contribution in [0.2, 0.25) is 0 Å². The fourth-order valence-corrected chi connectivity index (χ4v) is 2.06. The first-order valence-corrected chi connectivity index (χ1v) is 6.68. The minimum Gasteiger partial charge on any atom is -0.496 e. The van der Waals surface area contributed by atoms with Gasteiger partial charge in [-0.1, -0.05) is 24.6 Å². The summed E-state index contributed by atoms with van der Waals surface area (Å²) in [6, 6.07) is 5.86. The van der Waals surface area contributed by atoms with Gasteiger partial charge in [0.15, 0.2) is 0 Å². The second kappa shape index (κ2) is 7.14. The van der Waals surface area contributed by atoms with Gasteiger partial charge in [-0.05, 0) is 26.3 Å². The van der Waals surface area contributed by atoms with Crippen LogP contribution in [0.15, 0.2) is 18.2 Å². The second-order valence-corrected chi connectivity index (χ2v) is 4.82. The van der Waals surface area contributed by atoms with Crippen LogP contribution in [-0.4, -0.2) is 19.6 Å². The molecule has 1 rings (SSSR count). The number of benzene rings is 1. The van der Waals surface area contributed by atoms with E-state index in [2.05, 4.69) is 5.32 Å². The molecule has 4 nitrogen and oxygen atoms in total. The highest BCUT2D eigenvalue weighted by Crippen LogP contribution is 2.26. The van der Waals surface area contributed by atoms with Gasteiger partial charge in [0.05, 0.1) is 13.2 Å². The van der Waals surface area contributed by atoms with Crippen molar-refractivity contribution in [3.63, 3.8) is 0 Å². The average molecular weight is 264 g/mol. The van der Waals surface area contributed by atoms with Gasteiger partial charge in [-0.2, -0.15) is 0 Å². The van der Waals surface area contributed by atoms with Gasteiger partial charge in [-0.25, -0.2) is 0 Å². The molecule has 0 saturated carbocycles. The van der Waals surface area contributed by atoms with Gasteiger partial charge in [0.25, 0.3) is 0 Å². The molecule has 0 saturated heterocycles. The molecule has 19 heavy (non-hydrogen) atoms. The van der Waals surface area contributed by atoms with Gasteiger partial charge < -0.3 is 15.8 Å². The minimum atomic E-state index is -0.127. The Morgan fingerprint density at radius 3 is 2.68 bits per heavy atom. The van der Waals surface area contributed by atoms with Crippen molar-refractivity contribution in [1.29, 1.82) is 0 Å². The molecule has 0 aliphatic rings. The Bertz CT molecular complexity index is 428. The molecule has 2 unspecified atom stereocenters. The third kappa shape index (κ3) is 3.96. The Labute approximate surface area is 115 Å². The van der Waals surface area contributed by atoms with E-state index in [4.69, 9.17) is 10.5 Å². The first-order valence-electron chi connectivity index (χ1n) is 6.68. The number of carbonyl (C=O) groups excluding carboxylic acids is 1. The molecule has 106 valence electrons. The van der Waals surface area contributed by atoms with E-state index in [0.29, 0.717) is 6.54 Å². The highest BCUT2D eigenvalue weighted by atomic mass is 16.5. The fraction of sp³-hybridized carbons (Fsp3) is 0.533. The molecular weight excluding hydrogens is 240 g/mol. The van der Waals surface area contributed by atoms with Crippen LogP contribution in [0.1, 0.15) is 37.4 Å². The molecule has 0 aliphatic heterocycles. The molecule has 0 fully saturated rings. The van der Waals surface area contributed by atoms with Crippen LogP contribution >= 0.6 is 0 Å². The highest BCUT2D eigenvalue weighted by Gasteiger charge is 2.19. The number of nitrogens with one attached hydrogen (secondary N) is 1. The monoisotopic (exact) mass is 264 g/mol. The lowest BCUT2D eigenvalue weighted by atomic mass is 10.0. The zero-order valence-corrected chi connectivity index (χ0v) is 12.2. The number of nitrogens with two attached hydrogens (primary N) is 1. The quantitative estimate of drug-likeness (QED) is 0.827. The number of hydrogen-bond acceptors (Lipinski definition) is 3. The van der Waals surface area contributed by atoms with E-state index >= 15 is 0 Å². The minimum absolute atomic E-state index is 0.000981. The molecule has 1 aromatic rings. The van der Waals surface area contributed by atoms with Crippen molar-refractivity contribution in [1.82, 2.24) is 5.32 Å². The predicted octanol–water partition coefficient (Wildman–Crippen LogP) is 2.17. The number of aryl methyl sites for hydroxylation is 1. The van der Waals surface area contributed by atoms with Gasteiger partial charge >= 0.3 is 0 Å². The molecule has 0 aromatic heterocycles. The van der Waals surface area contributed by atoms with E-state index in [1.54, 1.807) is 7.11 Å². The lowest BCUT2D eigenvalue weighted by molar-refractivity contribution is -0.125. The molecular formula is C15H24N2O2. The summed E-state index contributed by atoms with van der Waals surface area (Å²) < 4.78 is 5.34. The van der Waals surface area contributed by atoms with Crippen LogP contribution in [-0.2, 0) is 4.79 Å². The van der Waals surface area contributed by atoms with E-state index in [1.807, 2.05) is 39.0 Å². The third-order valence-electron chi connectivity index (χ3n) is 3.36. The molecule has 1 amide bonds. The maximum Gasteiger partial charge on any atom is 0.224 e. The summed E-state index contributed by atoms with van der Waals surface area (Å²) >= 11 is 0. The zero-order valence-electron chi connectivity index (χ0n) is 12.2. The van der Waals surface area contributed by atoms with E-state index in [1.165, 1.54) is 0 Å². The third-order valence-corrected chi connectivity index (χ3v) is 3.36. The Kier molecular flexibility index (Phi) is 5.83. The zero-order chi connectivity index (χ0) is 14.4. The molecule has 3 N–H and O–H groups in total. The van der Waals surface area contributed by atoms with Crippen molar-refractivity contribution in [2.75, 3.05) is 13.7 Å². The van der Waals surface area contributed by atoms with Gasteiger partial charge in [0, 0.05) is 18.0 Å². The van der Waals surface area contributed by atoms with Crippen LogP contribution in [0.4, 0.5) is 0 Å². The van der Waals surface area contributed by atoms with Crippen LogP contribution in [0.3, 0.4) is 0 Å². The molecule has 0 radical (unpaired) electrons. The number of rotatable bonds is 6. The SMILES string of the molecule is CCC(CN)C(=O)NC(C)c1cc(C)ccc1OC. The summed E-state index contributed by atoms with van der Waals surface area (Å²) in [7, 11) is 1.64. The maximum absolute atomic E-state index is 12.0. The topological polar surface area (TPSA) is 64.4 Å². The summed E-state index contributed by atoms with van der Waals surface area (Å²) in [5.41, 5.74) is 7.72. The lowest BCUT2D eigenvalue weighted by Crippen LogP contribution is -2.36. The lowest BCUT2D eigenvalue weighted by Gasteiger charge is -2.20. The first-order chi connectivity index (χ1) is 9.03. The maximum atomic E-state index is 12.0. The number of carbonyl (C=O) groups is 1. The number of amides is 1. The molecule has 1 aromatic carbocycles. The van der Waals surface area contributed by atoms with Crippen LogP contribution in [0.25, 0.3) is 0 Å². The molecule has 2 atom stereocenters. The van der Waals surface area contributed by atoms with Crippen LogP contribution in [0.5, 0.6) is 5.75 Å². The predicted molar refractivity (Wildman–Crippen MR) is 77.1 cm³/mol. The number of ether oxygens (including phenoxy) is 1. The van der Waals surface area contributed by atoms with Gasteiger partial charge in [-0.3, -0.25) is 4.79 Å². The van der Waals surface area contributed by atoms with Gasteiger partial charge in [-0.15, -0.1) is 0 Å². The standard InChI is InChI=1S/C15H24N2O2/c1-5-12(9-16)15(18)17-11(3)13-8-10(2)6-7-14(13)19-4/h6-8,11-12H,5,9,16H2,1-4H3,(H,17,18). The average Bonchev–Trinajstić information content (AvgIpc) is 2.40. The molecule has 0 aliphatic carbocycles. The summed E-state index contributed by atoms with van der Waals surface area (Å²) in [6.45, 7) is 6.32. The molecule has 4 heteroatoms. The summed E-state index contributed by atoms with van der Waals surface area (Å²) in [4.78, 5) is 12.0. The highest BCUT2D eigenvalue weighted by molar-refractivity contribution is 5.79. The molecule has 0 spiro atoms. The van der Waals surface area contributed by atoms with E-state index in [0.717, 1.165) is 23.3 Å². The van der Waals surface area contributed by atoms with Crippen molar-refractivity contribution in [3.05, 3.63) is 29.3 Å². The van der Waals surface area contributed by atoms with E-state index in [-0.39, 0.29) is 17.9 Å². The number of methoxy groups -OCH3 is 1. The largest absolute Gasteiger partial charge is 0.496 e. The Morgan fingerprint density at radius 2 is 2.16 bits per heavy atom. The van der Waals surface area contributed by atoms with Crippen molar-refractivity contribution in [3.8, 4) is 5.75 Å². The van der Waals surface area contributed by atoms with Crippen molar-refractivity contribution < 1.29 is 9.53 Å². The summed E-state index contributed by atoms with van der Waals surface area (Å²) in [5.74, 6) is 0.665. The first kappa shape index (κ1) is 15.5. The van der Waals surface area contributed by atoms with E-state index in [9.17, 15) is 4.79 Å². The van der Waals surface area contributed by atoms with E-state index < -0.39 is 0 Å². The van der Waals surface area contributed by atoms with Crippen molar-refractivity contribution in [2.24, 2.45) is 11.7 Å². The Morgan fingerprint density at radius 1 is 1.47 bits per heavy atom. The van der Waals surface area contributed by atoms with Gasteiger partial charge in [0.2, 0.25) is 5.91 Å². The second-order valence-electron chi connectivity index (χ2n) is 4.82. The van der Waals surface area contributed by atoms with Gasteiger partial charge in [0.1, 0.15) is 5.75 Å². The Balaban J connectivity index is 2.85. The molecule has 0 bridgehead atoms. The Hall–Kier alpha value is -1.55. The summed E-state index contributed by atoms with van der Waals surface area (Å²) in [6.07, 6.45) is 0.750. The van der Waals surface area contributed by atoms with Crippen LogP contribution < -0.4 is 15.8 Å². The van der Waals surface area contributed by atoms with Crippen molar-refractivity contribution in [2.45, 2.75) is 33.2 Å². The smallest absolute Gasteiger partial charge is 0.224 e. The van der Waals surface area contributed by atoms with Crippen LogP contribution in [0, 0.1) is 12.8 Å². The fourth-order valence-electron chi connectivity index (χ4n) is 2.06. The molecule has 0 heterocycles. The normalized spacial score (nSPS) is 13.7.